The first-order chi connectivity index (χ1) is 16.1. The smallest absolute Gasteiger partial charge is 0.307 e. The largest absolute Gasteiger partial charge is 0.481 e. The van der Waals surface area contributed by atoms with Gasteiger partial charge in [-0.2, -0.15) is 0 Å². The van der Waals surface area contributed by atoms with Gasteiger partial charge in [-0.15, -0.1) is 0 Å². The second-order valence-electron chi connectivity index (χ2n) is 10.8. The van der Waals surface area contributed by atoms with Crippen molar-refractivity contribution in [2.75, 3.05) is 27.7 Å². The standard InChI is InChI=1S/C28H49NO5/c1-6-17-24-20-23(2)26(33-24)18-15-13-11-9-7-8-10-12-14-16-19-28(32)34-25(21-27(30)31)22-29(3,4)5/h20,25H,6-19,21-22H2,1-5H3/p+1. The molecule has 34 heavy (non-hydrogen) atoms. The summed E-state index contributed by atoms with van der Waals surface area (Å²) >= 11 is 0. The maximum absolute atomic E-state index is 12.1. The molecule has 1 rings (SSSR count). The van der Waals surface area contributed by atoms with Gasteiger partial charge in [-0.05, 0) is 37.8 Å². The summed E-state index contributed by atoms with van der Waals surface area (Å²) in [7, 11) is 5.90. The second kappa shape index (κ2) is 16.7. The first kappa shape index (κ1) is 30.2. The van der Waals surface area contributed by atoms with E-state index in [4.69, 9.17) is 14.3 Å². The normalized spacial score (nSPS) is 12.6. The van der Waals surface area contributed by atoms with Crippen molar-refractivity contribution in [1.29, 1.82) is 0 Å². The number of aryl methyl sites for hydroxylation is 3. The SMILES string of the molecule is CCCc1cc(C)c(CCCCCCCCCCCCC(=O)OC(CC(=O)O)C[N+](C)(C)C)o1. The fraction of sp³-hybridized carbons (Fsp3) is 0.786. The topological polar surface area (TPSA) is 76.7 Å². The Hall–Kier alpha value is -1.82. The molecule has 0 aliphatic rings. The van der Waals surface area contributed by atoms with Crippen molar-refractivity contribution >= 4 is 11.9 Å². The minimum absolute atomic E-state index is 0.135. The van der Waals surface area contributed by atoms with E-state index in [1.165, 1.54) is 56.3 Å². The molecule has 0 aliphatic heterocycles. The van der Waals surface area contributed by atoms with Crippen molar-refractivity contribution in [3.63, 3.8) is 0 Å². The van der Waals surface area contributed by atoms with Gasteiger partial charge >= 0.3 is 11.9 Å². The average Bonchev–Trinajstić information content (AvgIpc) is 3.06. The van der Waals surface area contributed by atoms with Gasteiger partial charge in [0.15, 0.2) is 6.10 Å². The van der Waals surface area contributed by atoms with Crippen LogP contribution in [0.2, 0.25) is 0 Å². The molecule has 0 aliphatic carbocycles. The molecule has 1 aromatic heterocycles. The number of hydrogen-bond acceptors (Lipinski definition) is 4. The predicted octanol–water partition coefficient (Wildman–Crippen LogP) is 6.47. The van der Waals surface area contributed by atoms with Crippen molar-refractivity contribution in [3.8, 4) is 0 Å². The number of ether oxygens (including phenoxy) is 1. The van der Waals surface area contributed by atoms with Gasteiger partial charge < -0.3 is 18.7 Å². The number of likely N-dealkylation sites (N-methyl/N-ethyl adjacent to an activating group) is 1. The average molecular weight is 481 g/mol. The van der Waals surface area contributed by atoms with Crippen LogP contribution in [0.4, 0.5) is 0 Å². The van der Waals surface area contributed by atoms with Crippen LogP contribution < -0.4 is 0 Å². The van der Waals surface area contributed by atoms with E-state index in [1.807, 2.05) is 21.1 Å². The highest BCUT2D eigenvalue weighted by molar-refractivity contribution is 5.71. The van der Waals surface area contributed by atoms with Gasteiger partial charge in [0.05, 0.1) is 27.6 Å². The lowest BCUT2D eigenvalue weighted by atomic mass is 10.0. The molecule has 0 radical (unpaired) electrons. The number of carboxylic acid groups (broad SMARTS) is 1. The van der Waals surface area contributed by atoms with Crippen molar-refractivity contribution in [2.24, 2.45) is 0 Å². The van der Waals surface area contributed by atoms with E-state index in [1.54, 1.807) is 0 Å². The van der Waals surface area contributed by atoms with Crippen LogP contribution in [0.1, 0.15) is 107 Å². The molecule has 0 aromatic carbocycles. The van der Waals surface area contributed by atoms with Crippen LogP contribution in [-0.2, 0) is 27.2 Å². The Morgan fingerprint density at radius 3 is 2.03 bits per heavy atom. The van der Waals surface area contributed by atoms with Crippen molar-refractivity contribution < 1.29 is 28.3 Å². The zero-order valence-electron chi connectivity index (χ0n) is 22.5. The molecule has 196 valence electrons. The number of furan rings is 1. The molecular weight excluding hydrogens is 430 g/mol. The van der Waals surface area contributed by atoms with Gasteiger partial charge in [-0.3, -0.25) is 9.59 Å². The van der Waals surface area contributed by atoms with Crippen molar-refractivity contribution in [3.05, 3.63) is 23.2 Å². The highest BCUT2D eigenvalue weighted by Gasteiger charge is 2.24. The van der Waals surface area contributed by atoms with Crippen LogP contribution in [0.25, 0.3) is 0 Å². The Bertz CT molecular complexity index is 704. The maximum atomic E-state index is 12.1. The van der Waals surface area contributed by atoms with E-state index in [9.17, 15) is 9.59 Å². The molecule has 6 heteroatoms. The van der Waals surface area contributed by atoms with E-state index < -0.39 is 12.1 Å². The van der Waals surface area contributed by atoms with Gasteiger partial charge in [0.2, 0.25) is 0 Å². The molecule has 1 unspecified atom stereocenters. The summed E-state index contributed by atoms with van der Waals surface area (Å²) in [6, 6.07) is 2.20. The van der Waals surface area contributed by atoms with Crippen LogP contribution in [0.15, 0.2) is 10.5 Å². The number of carbonyl (C=O) groups is 2. The number of unbranched alkanes of at least 4 members (excludes halogenated alkanes) is 9. The predicted molar refractivity (Wildman–Crippen MR) is 137 cm³/mol. The Morgan fingerprint density at radius 1 is 0.941 bits per heavy atom. The number of carboxylic acids is 1. The van der Waals surface area contributed by atoms with E-state index in [0.29, 0.717) is 17.4 Å². The van der Waals surface area contributed by atoms with Gasteiger partial charge in [0.1, 0.15) is 18.1 Å². The highest BCUT2D eigenvalue weighted by atomic mass is 16.5. The molecular formula is C28H50NO5+. The van der Waals surface area contributed by atoms with Crippen LogP contribution in [0.3, 0.4) is 0 Å². The molecule has 6 nitrogen and oxygen atoms in total. The Kier molecular flexibility index (Phi) is 14.9. The lowest BCUT2D eigenvalue weighted by molar-refractivity contribution is -0.873. The Balaban J connectivity index is 2.00. The summed E-state index contributed by atoms with van der Waals surface area (Å²) in [5.74, 6) is 1.11. The maximum Gasteiger partial charge on any atom is 0.307 e. The summed E-state index contributed by atoms with van der Waals surface area (Å²) in [4.78, 5) is 23.1. The molecule has 0 spiro atoms. The Labute approximate surface area is 207 Å². The number of aliphatic carboxylic acids is 1. The van der Waals surface area contributed by atoms with Gasteiger partial charge in [0.25, 0.3) is 0 Å². The summed E-state index contributed by atoms with van der Waals surface area (Å²) < 4.78 is 12.0. The lowest BCUT2D eigenvalue weighted by Crippen LogP contribution is -2.43. The number of nitrogens with zero attached hydrogens (tertiary/aromatic N) is 1. The molecule has 1 atom stereocenters. The molecule has 0 bridgehead atoms. The van der Waals surface area contributed by atoms with E-state index in [2.05, 4.69) is 19.9 Å². The van der Waals surface area contributed by atoms with Crippen molar-refractivity contribution in [1.82, 2.24) is 0 Å². The quantitative estimate of drug-likeness (QED) is 0.131. The summed E-state index contributed by atoms with van der Waals surface area (Å²) in [5.41, 5.74) is 1.31. The highest BCUT2D eigenvalue weighted by Crippen LogP contribution is 2.19. The van der Waals surface area contributed by atoms with Crippen LogP contribution >= 0.6 is 0 Å². The number of carbonyl (C=O) groups excluding carboxylic acids is 1. The summed E-state index contributed by atoms with van der Waals surface area (Å²) in [6.45, 7) is 4.84. The first-order valence-corrected chi connectivity index (χ1v) is 13.4. The van der Waals surface area contributed by atoms with Gasteiger partial charge in [-0.1, -0.05) is 58.3 Å². The molecule has 1 N–H and O–H groups in total. The fourth-order valence-corrected chi connectivity index (χ4v) is 4.37. The number of rotatable bonds is 20. The van der Waals surface area contributed by atoms with Gasteiger partial charge in [-0.25, -0.2) is 0 Å². The molecule has 0 amide bonds. The number of hydrogen-bond donors (Lipinski definition) is 1. The van der Waals surface area contributed by atoms with Crippen LogP contribution in [0, 0.1) is 6.92 Å². The zero-order chi connectivity index (χ0) is 25.4. The summed E-state index contributed by atoms with van der Waals surface area (Å²) in [6.07, 6.45) is 14.7. The van der Waals surface area contributed by atoms with E-state index in [-0.39, 0.29) is 12.4 Å². The molecule has 0 saturated carbocycles. The van der Waals surface area contributed by atoms with Gasteiger partial charge in [0, 0.05) is 19.3 Å². The van der Waals surface area contributed by atoms with E-state index in [0.717, 1.165) is 44.3 Å². The minimum atomic E-state index is -0.931. The van der Waals surface area contributed by atoms with E-state index >= 15 is 0 Å². The monoisotopic (exact) mass is 480 g/mol. The lowest BCUT2D eigenvalue weighted by Gasteiger charge is -2.28. The second-order valence-corrected chi connectivity index (χ2v) is 10.8. The first-order valence-electron chi connectivity index (χ1n) is 13.4. The van der Waals surface area contributed by atoms with Crippen LogP contribution in [0.5, 0.6) is 0 Å². The molecule has 1 heterocycles. The minimum Gasteiger partial charge on any atom is -0.481 e. The number of esters is 1. The zero-order valence-corrected chi connectivity index (χ0v) is 22.5. The summed E-state index contributed by atoms with van der Waals surface area (Å²) in [5, 5.41) is 9.04. The van der Waals surface area contributed by atoms with Crippen LogP contribution in [-0.4, -0.2) is 55.3 Å². The number of quaternary nitrogens is 1. The third-order valence-electron chi connectivity index (χ3n) is 6.05. The molecule has 1 aromatic rings. The third kappa shape index (κ3) is 15.2. The fourth-order valence-electron chi connectivity index (χ4n) is 4.37. The molecule has 0 saturated heterocycles. The van der Waals surface area contributed by atoms with Crippen molar-refractivity contribution in [2.45, 2.75) is 116 Å². The Morgan fingerprint density at radius 2 is 1.50 bits per heavy atom. The third-order valence-corrected chi connectivity index (χ3v) is 6.05. The molecule has 0 fully saturated rings.